The lowest BCUT2D eigenvalue weighted by atomic mass is 10.2. The normalized spacial score (nSPS) is 23.7. The second-order valence-electron chi connectivity index (χ2n) is 5.17. The lowest BCUT2D eigenvalue weighted by molar-refractivity contribution is -0.147. The van der Waals surface area contributed by atoms with Gasteiger partial charge in [-0.25, -0.2) is 4.98 Å². The number of para-hydroxylation sites is 1. The number of benzene rings is 1. The fourth-order valence-corrected chi connectivity index (χ4v) is 2.91. The summed E-state index contributed by atoms with van der Waals surface area (Å²) >= 11 is 0. The maximum atomic E-state index is 13.3. The molecular weight excluding hydrogens is 283 g/mol. The van der Waals surface area contributed by atoms with Crippen molar-refractivity contribution in [1.29, 1.82) is 0 Å². The van der Waals surface area contributed by atoms with E-state index in [4.69, 9.17) is 0 Å². The van der Waals surface area contributed by atoms with Crippen molar-refractivity contribution < 1.29 is 13.2 Å². The van der Waals surface area contributed by atoms with E-state index in [0.717, 1.165) is 0 Å². The number of nitrogens with zero attached hydrogens (tertiary/aromatic N) is 3. The van der Waals surface area contributed by atoms with Gasteiger partial charge in [0.2, 0.25) is 5.82 Å². The maximum absolute atomic E-state index is 13.3. The van der Waals surface area contributed by atoms with Gasteiger partial charge in [0.05, 0.1) is 23.0 Å². The fraction of sp³-hybridized carbons (Fsp3) is 0.286. The largest absolute Gasteiger partial charge is 0.451 e. The average molecular weight is 293 g/mol. The predicted molar refractivity (Wildman–Crippen MR) is 70.6 cm³/mol. The van der Waals surface area contributed by atoms with Crippen molar-refractivity contribution >= 4 is 10.9 Å². The van der Waals surface area contributed by atoms with E-state index in [2.05, 4.69) is 4.98 Å². The van der Waals surface area contributed by atoms with Gasteiger partial charge in [-0.2, -0.15) is 17.8 Å². The molecule has 4 rings (SSSR count). The Labute approximate surface area is 117 Å². The maximum Gasteiger partial charge on any atom is 0.451 e. The SMILES string of the molecule is O=c1c2ccccc2nc(C(F)(F)F)n1N1C2C=CCC21. The van der Waals surface area contributed by atoms with E-state index in [1.807, 2.05) is 12.2 Å². The first kappa shape index (κ1) is 12.4. The zero-order valence-corrected chi connectivity index (χ0v) is 10.7. The zero-order chi connectivity index (χ0) is 14.8. The number of fused-ring (bicyclic) bond motifs is 2. The van der Waals surface area contributed by atoms with Gasteiger partial charge in [-0.05, 0) is 18.6 Å². The van der Waals surface area contributed by atoms with Crippen LogP contribution in [0.15, 0.2) is 41.2 Å². The molecule has 1 aliphatic heterocycles. The highest BCUT2D eigenvalue weighted by molar-refractivity contribution is 5.77. The molecule has 0 saturated carbocycles. The fourth-order valence-electron chi connectivity index (χ4n) is 2.91. The van der Waals surface area contributed by atoms with Gasteiger partial charge in [-0.3, -0.25) is 9.80 Å². The molecule has 2 aliphatic rings. The molecule has 108 valence electrons. The van der Waals surface area contributed by atoms with Crippen LogP contribution < -0.4 is 10.6 Å². The van der Waals surface area contributed by atoms with E-state index >= 15 is 0 Å². The Balaban J connectivity index is 2.01. The van der Waals surface area contributed by atoms with Gasteiger partial charge in [-0.1, -0.05) is 24.3 Å². The minimum atomic E-state index is -4.68. The second-order valence-corrected chi connectivity index (χ2v) is 5.17. The number of hydrogen-bond acceptors (Lipinski definition) is 3. The highest BCUT2D eigenvalue weighted by Gasteiger charge is 2.52. The molecule has 1 aromatic heterocycles. The molecule has 4 nitrogen and oxygen atoms in total. The van der Waals surface area contributed by atoms with Crippen LogP contribution in [0.25, 0.3) is 10.9 Å². The smallest absolute Gasteiger partial charge is 0.293 e. The summed E-state index contributed by atoms with van der Waals surface area (Å²) in [5.74, 6) is -1.16. The molecule has 2 aromatic rings. The zero-order valence-electron chi connectivity index (χ0n) is 10.7. The molecule has 1 fully saturated rings. The van der Waals surface area contributed by atoms with Gasteiger partial charge >= 0.3 is 6.18 Å². The van der Waals surface area contributed by atoms with E-state index < -0.39 is 17.6 Å². The Morgan fingerprint density at radius 3 is 2.67 bits per heavy atom. The van der Waals surface area contributed by atoms with Crippen molar-refractivity contribution in [2.45, 2.75) is 24.7 Å². The minimum absolute atomic E-state index is 0.0632. The molecule has 7 heteroatoms. The highest BCUT2D eigenvalue weighted by Crippen LogP contribution is 2.38. The molecular formula is C14H10F3N3O. The summed E-state index contributed by atoms with van der Waals surface area (Å²) in [7, 11) is 0. The van der Waals surface area contributed by atoms with E-state index in [1.54, 1.807) is 12.1 Å². The molecule has 0 radical (unpaired) electrons. The van der Waals surface area contributed by atoms with Crippen LogP contribution in [0.4, 0.5) is 13.2 Å². The highest BCUT2D eigenvalue weighted by atomic mass is 19.4. The van der Waals surface area contributed by atoms with Gasteiger partial charge in [0, 0.05) is 0 Å². The van der Waals surface area contributed by atoms with Gasteiger partial charge in [0.25, 0.3) is 5.56 Å². The molecule has 0 spiro atoms. The Morgan fingerprint density at radius 2 is 2.00 bits per heavy atom. The minimum Gasteiger partial charge on any atom is -0.293 e. The topological polar surface area (TPSA) is 37.9 Å². The molecule has 21 heavy (non-hydrogen) atoms. The Morgan fingerprint density at radius 1 is 1.24 bits per heavy atom. The summed E-state index contributed by atoms with van der Waals surface area (Å²) in [6.07, 6.45) is -0.282. The van der Waals surface area contributed by atoms with Crippen molar-refractivity contribution in [3.05, 3.63) is 52.6 Å². The second kappa shape index (κ2) is 3.87. The van der Waals surface area contributed by atoms with E-state index in [1.165, 1.54) is 17.1 Å². The third-order valence-electron chi connectivity index (χ3n) is 3.90. The van der Waals surface area contributed by atoms with Crippen LogP contribution in [-0.4, -0.2) is 21.7 Å². The van der Waals surface area contributed by atoms with Crippen molar-refractivity contribution in [3.8, 4) is 0 Å². The molecule has 1 saturated heterocycles. The molecule has 1 aromatic carbocycles. The average Bonchev–Trinajstić information content (AvgIpc) is 2.90. The number of halogens is 3. The first-order chi connectivity index (χ1) is 9.98. The van der Waals surface area contributed by atoms with E-state index in [-0.39, 0.29) is 23.0 Å². The molecule has 2 heterocycles. The number of rotatable bonds is 1. The summed E-state index contributed by atoms with van der Waals surface area (Å²) in [5.41, 5.74) is -0.607. The number of hydrogen-bond donors (Lipinski definition) is 0. The Hall–Kier alpha value is -2.31. The number of aromatic nitrogens is 2. The number of alkyl halides is 3. The van der Waals surface area contributed by atoms with Crippen LogP contribution in [0.5, 0.6) is 0 Å². The summed E-state index contributed by atoms with van der Waals surface area (Å²) in [4.78, 5) is 16.1. The monoisotopic (exact) mass is 293 g/mol. The van der Waals surface area contributed by atoms with Gasteiger partial charge < -0.3 is 0 Å². The quantitative estimate of drug-likeness (QED) is 0.597. The Kier molecular flexibility index (Phi) is 2.29. The molecule has 0 amide bonds. The first-order valence-electron chi connectivity index (χ1n) is 6.53. The van der Waals surface area contributed by atoms with Gasteiger partial charge in [0.15, 0.2) is 0 Å². The summed E-state index contributed by atoms with van der Waals surface area (Å²) in [6, 6.07) is 5.90. The summed E-state index contributed by atoms with van der Waals surface area (Å²) in [5, 5.41) is 1.64. The van der Waals surface area contributed by atoms with Crippen LogP contribution in [-0.2, 0) is 6.18 Å². The Bertz CT molecular complexity index is 824. The molecule has 0 N–H and O–H groups in total. The summed E-state index contributed by atoms with van der Waals surface area (Å²) in [6.45, 7) is 0. The van der Waals surface area contributed by atoms with Crippen molar-refractivity contribution in [1.82, 2.24) is 9.66 Å². The standard InChI is InChI=1S/C14H10F3N3O/c15-14(16,17)13-18-9-5-2-1-4-8(9)12(21)20(13)19-10-6-3-7-11(10)19/h1-6,10-11H,7H2. The molecule has 1 aliphatic carbocycles. The van der Waals surface area contributed by atoms with Crippen molar-refractivity contribution in [2.75, 3.05) is 5.01 Å². The molecule has 0 bridgehead atoms. The third-order valence-corrected chi connectivity index (χ3v) is 3.90. The van der Waals surface area contributed by atoms with Gasteiger partial charge in [-0.15, -0.1) is 0 Å². The van der Waals surface area contributed by atoms with Gasteiger partial charge in [0.1, 0.15) is 0 Å². The predicted octanol–water partition coefficient (Wildman–Crippen LogP) is 2.06. The van der Waals surface area contributed by atoms with E-state index in [9.17, 15) is 18.0 Å². The van der Waals surface area contributed by atoms with Crippen molar-refractivity contribution in [3.63, 3.8) is 0 Å². The van der Waals surface area contributed by atoms with E-state index in [0.29, 0.717) is 11.1 Å². The lowest BCUT2D eigenvalue weighted by Crippen LogP contribution is -2.38. The summed E-state index contributed by atoms with van der Waals surface area (Å²) < 4.78 is 40.5. The van der Waals surface area contributed by atoms with Crippen LogP contribution in [0.1, 0.15) is 12.2 Å². The van der Waals surface area contributed by atoms with Crippen LogP contribution in [0.3, 0.4) is 0 Å². The van der Waals surface area contributed by atoms with Crippen molar-refractivity contribution in [2.24, 2.45) is 0 Å². The molecule has 2 atom stereocenters. The first-order valence-corrected chi connectivity index (χ1v) is 6.53. The lowest BCUT2D eigenvalue weighted by Gasteiger charge is -2.18. The van der Waals surface area contributed by atoms with Crippen LogP contribution in [0, 0.1) is 0 Å². The molecule has 2 unspecified atom stereocenters. The van der Waals surface area contributed by atoms with Crippen LogP contribution in [0.2, 0.25) is 0 Å². The van der Waals surface area contributed by atoms with Crippen LogP contribution >= 0.6 is 0 Å². The third kappa shape index (κ3) is 1.69.